The molecule has 0 amide bonds. The van der Waals surface area contributed by atoms with Crippen molar-refractivity contribution < 1.29 is 9.53 Å². The molecule has 1 aliphatic carbocycles. The minimum Gasteiger partial charge on any atom is -0.490 e. The fraction of sp³-hybridized carbons (Fsp3) is 0.667. The van der Waals surface area contributed by atoms with Crippen LogP contribution in [0.3, 0.4) is 0 Å². The number of allylic oxidation sites excluding steroid dienone is 2. The average molecular weight is 154 g/mol. The lowest BCUT2D eigenvalue weighted by Gasteiger charge is -2.03. The highest BCUT2D eigenvalue weighted by molar-refractivity contribution is 5.93. The third kappa shape index (κ3) is 2.37. The standard InChI is InChI=1S/C9H14O2/c1-2-11-9-7-5-3-4-6-8(9)10/h7H,2-6H2,1H3. The van der Waals surface area contributed by atoms with E-state index in [1.54, 1.807) is 0 Å². The van der Waals surface area contributed by atoms with Gasteiger partial charge in [0, 0.05) is 6.42 Å². The normalized spacial score (nSPS) is 19.0. The number of ether oxygens (including phenoxy) is 1. The van der Waals surface area contributed by atoms with E-state index in [0.29, 0.717) is 18.8 Å². The molecule has 0 saturated heterocycles. The van der Waals surface area contributed by atoms with Crippen molar-refractivity contribution in [2.75, 3.05) is 6.61 Å². The number of rotatable bonds is 2. The lowest BCUT2D eigenvalue weighted by atomic mass is 10.2. The maximum absolute atomic E-state index is 11.2. The summed E-state index contributed by atoms with van der Waals surface area (Å²) in [4.78, 5) is 11.2. The van der Waals surface area contributed by atoms with E-state index in [0.717, 1.165) is 19.3 Å². The van der Waals surface area contributed by atoms with Crippen LogP contribution in [0.4, 0.5) is 0 Å². The van der Waals surface area contributed by atoms with E-state index in [-0.39, 0.29) is 5.78 Å². The summed E-state index contributed by atoms with van der Waals surface area (Å²) in [7, 11) is 0. The van der Waals surface area contributed by atoms with Gasteiger partial charge in [-0.2, -0.15) is 0 Å². The van der Waals surface area contributed by atoms with E-state index >= 15 is 0 Å². The molecule has 1 aliphatic rings. The van der Waals surface area contributed by atoms with Crippen LogP contribution in [0, 0.1) is 0 Å². The Labute approximate surface area is 67.2 Å². The molecular weight excluding hydrogens is 140 g/mol. The average Bonchev–Trinajstić information content (AvgIpc) is 2.18. The first-order valence-electron chi connectivity index (χ1n) is 4.20. The van der Waals surface area contributed by atoms with Gasteiger partial charge in [-0.1, -0.05) is 0 Å². The van der Waals surface area contributed by atoms with Crippen LogP contribution in [-0.4, -0.2) is 12.4 Å². The monoisotopic (exact) mass is 154 g/mol. The van der Waals surface area contributed by atoms with Crippen molar-refractivity contribution in [3.63, 3.8) is 0 Å². The van der Waals surface area contributed by atoms with Crippen LogP contribution in [-0.2, 0) is 9.53 Å². The molecule has 0 N–H and O–H groups in total. The molecule has 2 nitrogen and oxygen atoms in total. The molecule has 0 spiro atoms. The van der Waals surface area contributed by atoms with Gasteiger partial charge in [-0.25, -0.2) is 0 Å². The predicted octanol–water partition coefficient (Wildman–Crippen LogP) is 2.05. The molecular formula is C9H14O2. The molecule has 0 saturated carbocycles. The number of carbonyl (C=O) groups excluding carboxylic acids is 1. The number of ketones is 1. The molecule has 0 radical (unpaired) electrons. The fourth-order valence-electron chi connectivity index (χ4n) is 1.20. The van der Waals surface area contributed by atoms with Crippen LogP contribution >= 0.6 is 0 Å². The van der Waals surface area contributed by atoms with Crippen molar-refractivity contribution in [3.8, 4) is 0 Å². The van der Waals surface area contributed by atoms with Gasteiger partial charge in [0.25, 0.3) is 0 Å². The maximum Gasteiger partial charge on any atom is 0.197 e. The Kier molecular flexibility index (Phi) is 3.14. The molecule has 0 heterocycles. The van der Waals surface area contributed by atoms with Gasteiger partial charge in [0.1, 0.15) is 0 Å². The van der Waals surface area contributed by atoms with Crippen LogP contribution in [0.1, 0.15) is 32.6 Å². The summed E-state index contributed by atoms with van der Waals surface area (Å²) in [6, 6.07) is 0. The Morgan fingerprint density at radius 3 is 3.09 bits per heavy atom. The lowest BCUT2D eigenvalue weighted by Crippen LogP contribution is -2.04. The second-order valence-electron chi connectivity index (χ2n) is 2.67. The summed E-state index contributed by atoms with van der Waals surface area (Å²) in [6.45, 7) is 2.50. The molecule has 11 heavy (non-hydrogen) atoms. The highest BCUT2D eigenvalue weighted by Gasteiger charge is 2.12. The molecule has 0 aromatic heterocycles. The Hall–Kier alpha value is -0.790. The number of carbonyl (C=O) groups is 1. The summed E-state index contributed by atoms with van der Waals surface area (Å²) in [6.07, 6.45) is 5.68. The number of Topliss-reactive ketones (excluding diaryl/α,β-unsaturated/α-hetero) is 1. The van der Waals surface area contributed by atoms with Gasteiger partial charge in [0.05, 0.1) is 6.61 Å². The molecule has 0 fully saturated rings. The molecule has 1 rings (SSSR count). The summed E-state index contributed by atoms with van der Waals surface area (Å²) in [5, 5.41) is 0. The third-order valence-electron chi connectivity index (χ3n) is 1.76. The summed E-state index contributed by atoms with van der Waals surface area (Å²) >= 11 is 0. The van der Waals surface area contributed by atoms with Crippen LogP contribution in [0.5, 0.6) is 0 Å². The largest absolute Gasteiger partial charge is 0.490 e. The van der Waals surface area contributed by atoms with Crippen molar-refractivity contribution in [1.82, 2.24) is 0 Å². The fourth-order valence-corrected chi connectivity index (χ4v) is 1.20. The van der Waals surface area contributed by atoms with Crippen LogP contribution in [0.15, 0.2) is 11.8 Å². The van der Waals surface area contributed by atoms with E-state index in [1.165, 1.54) is 0 Å². The van der Waals surface area contributed by atoms with E-state index in [4.69, 9.17) is 4.74 Å². The summed E-state index contributed by atoms with van der Waals surface area (Å²) in [5.41, 5.74) is 0. The highest BCUT2D eigenvalue weighted by atomic mass is 16.5. The highest BCUT2D eigenvalue weighted by Crippen LogP contribution is 2.14. The van der Waals surface area contributed by atoms with Crippen molar-refractivity contribution >= 4 is 5.78 Å². The first kappa shape index (κ1) is 8.31. The SMILES string of the molecule is CCOC1=CCCCCC1=O. The molecule has 2 heteroatoms. The summed E-state index contributed by atoms with van der Waals surface area (Å²) in [5.74, 6) is 0.759. The zero-order valence-electron chi connectivity index (χ0n) is 6.93. The van der Waals surface area contributed by atoms with E-state index < -0.39 is 0 Å². The minimum absolute atomic E-state index is 0.171. The molecule has 62 valence electrons. The van der Waals surface area contributed by atoms with Crippen LogP contribution < -0.4 is 0 Å². The quantitative estimate of drug-likeness (QED) is 0.608. The molecule has 0 atom stereocenters. The second kappa shape index (κ2) is 4.16. The Morgan fingerprint density at radius 1 is 1.55 bits per heavy atom. The Morgan fingerprint density at radius 2 is 2.36 bits per heavy atom. The minimum atomic E-state index is 0.171. The van der Waals surface area contributed by atoms with Crippen LogP contribution in [0.2, 0.25) is 0 Å². The zero-order valence-corrected chi connectivity index (χ0v) is 6.93. The molecule has 0 aliphatic heterocycles. The van der Waals surface area contributed by atoms with Crippen molar-refractivity contribution in [3.05, 3.63) is 11.8 Å². The molecule has 0 bridgehead atoms. The van der Waals surface area contributed by atoms with Crippen LogP contribution in [0.25, 0.3) is 0 Å². The van der Waals surface area contributed by atoms with Gasteiger partial charge >= 0.3 is 0 Å². The van der Waals surface area contributed by atoms with Crippen molar-refractivity contribution in [2.45, 2.75) is 32.6 Å². The maximum atomic E-state index is 11.2. The van der Waals surface area contributed by atoms with E-state index in [2.05, 4.69) is 0 Å². The predicted molar refractivity (Wildman–Crippen MR) is 43.2 cm³/mol. The van der Waals surface area contributed by atoms with Crippen molar-refractivity contribution in [1.29, 1.82) is 0 Å². The molecule has 0 aromatic carbocycles. The third-order valence-corrected chi connectivity index (χ3v) is 1.76. The topological polar surface area (TPSA) is 26.3 Å². The Bertz CT molecular complexity index is 170. The van der Waals surface area contributed by atoms with Gasteiger partial charge in [0.2, 0.25) is 0 Å². The molecule has 0 aromatic rings. The van der Waals surface area contributed by atoms with Crippen molar-refractivity contribution in [2.24, 2.45) is 0 Å². The van der Waals surface area contributed by atoms with Gasteiger partial charge in [-0.15, -0.1) is 0 Å². The van der Waals surface area contributed by atoms with Gasteiger partial charge in [-0.05, 0) is 32.3 Å². The first-order valence-corrected chi connectivity index (χ1v) is 4.20. The lowest BCUT2D eigenvalue weighted by molar-refractivity contribution is -0.118. The van der Waals surface area contributed by atoms with E-state index in [1.807, 2.05) is 13.0 Å². The number of hydrogen-bond acceptors (Lipinski definition) is 2. The van der Waals surface area contributed by atoms with Gasteiger partial charge in [-0.3, -0.25) is 4.79 Å². The second-order valence-corrected chi connectivity index (χ2v) is 2.67. The van der Waals surface area contributed by atoms with Gasteiger partial charge in [0.15, 0.2) is 11.5 Å². The van der Waals surface area contributed by atoms with E-state index in [9.17, 15) is 4.79 Å². The molecule has 0 unspecified atom stereocenters. The van der Waals surface area contributed by atoms with Gasteiger partial charge < -0.3 is 4.74 Å². The smallest absolute Gasteiger partial charge is 0.197 e. The number of hydrogen-bond donors (Lipinski definition) is 0. The first-order chi connectivity index (χ1) is 5.34. The Balaban J connectivity index is 2.55. The summed E-state index contributed by atoms with van der Waals surface area (Å²) < 4.78 is 5.19. The zero-order chi connectivity index (χ0) is 8.10.